The van der Waals surface area contributed by atoms with Crippen molar-refractivity contribution >= 4 is 5.91 Å². The van der Waals surface area contributed by atoms with Crippen molar-refractivity contribution in [1.82, 2.24) is 5.32 Å². The Morgan fingerprint density at radius 1 is 0.660 bits per heavy atom. The Bertz CT molecular complexity index is 803. The largest absolute Gasteiger partial charge is 0.394 e. The minimum absolute atomic E-state index is 0.264. The van der Waals surface area contributed by atoms with Crippen molar-refractivity contribution < 1.29 is 50.0 Å². The van der Waals surface area contributed by atoms with Gasteiger partial charge in [0.25, 0.3) is 0 Å². The number of ether oxygens (including phenoxy) is 2. The van der Waals surface area contributed by atoms with E-state index in [-0.39, 0.29) is 6.42 Å². The summed E-state index contributed by atoms with van der Waals surface area (Å²) in [5, 5.41) is 75.2. The highest BCUT2D eigenvalue weighted by atomic mass is 16.7. The molecule has 0 radical (unpaired) electrons. The van der Waals surface area contributed by atoms with Crippen LogP contribution in [0.15, 0.2) is 0 Å². The number of amides is 1. The van der Waals surface area contributed by atoms with Crippen molar-refractivity contribution in [3.8, 4) is 0 Å². The number of unbranched alkanes of at least 4 members (excludes halogenated alkanes) is 18. The molecule has 0 aliphatic carbocycles. The molecule has 1 saturated heterocycles. The second kappa shape index (κ2) is 29.6. The molecule has 0 spiro atoms. The van der Waals surface area contributed by atoms with E-state index in [0.717, 1.165) is 44.4 Å². The number of hydrogen-bond acceptors (Lipinski definition) is 10. The maximum atomic E-state index is 13.0. The topological polar surface area (TPSA) is 189 Å². The molecule has 0 aromatic rings. The van der Waals surface area contributed by atoms with Crippen LogP contribution in [0.3, 0.4) is 0 Å². The van der Waals surface area contributed by atoms with E-state index in [0.29, 0.717) is 19.3 Å². The summed E-state index contributed by atoms with van der Waals surface area (Å²) in [5.74, 6) is 0.0657. The van der Waals surface area contributed by atoms with Crippen LogP contribution in [0.4, 0.5) is 0 Å². The lowest BCUT2D eigenvalue weighted by Gasteiger charge is -2.40. The van der Waals surface area contributed by atoms with E-state index in [4.69, 9.17) is 9.47 Å². The third kappa shape index (κ3) is 21.0. The number of hydrogen-bond donors (Lipinski definition) is 8. The quantitative estimate of drug-likeness (QED) is 0.0439. The lowest BCUT2D eigenvalue weighted by atomic mass is 9.98. The SMILES string of the molecule is CCCCCCCCCCCCCC(O)C(=O)NC(COC1OC(CO)C(O)C(O)C1O)C(O)C(O)CCCCCCCCCCCC(C)C. The van der Waals surface area contributed by atoms with Crippen molar-refractivity contribution in [2.75, 3.05) is 13.2 Å². The maximum absolute atomic E-state index is 13.0. The molecule has 0 bridgehead atoms. The Morgan fingerprint density at radius 3 is 1.60 bits per heavy atom. The van der Waals surface area contributed by atoms with Crippen LogP contribution < -0.4 is 5.32 Å². The van der Waals surface area contributed by atoms with E-state index in [1.54, 1.807) is 0 Å². The molecule has 1 fully saturated rings. The third-order valence-corrected chi connectivity index (χ3v) is 10.1. The van der Waals surface area contributed by atoms with Crippen LogP contribution in [0, 0.1) is 5.92 Å². The fourth-order valence-corrected chi connectivity index (χ4v) is 6.62. The van der Waals surface area contributed by atoms with Crippen molar-refractivity contribution in [1.29, 1.82) is 0 Å². The van der Waals surface area contributed by atoms with Crippen LogP contribution in [0.1, 0.15) is 168 Å². The number of rotatable bonds is 32. The van der Waals surface area contributed by atoms with E-state index in [1.807, 2.05) is 0 Å². The monoisotopic (exact) mass is 720 g/mol. The highest BCUT2D eigenvalue weighted by Crippen LogP contribution is 2.23. The highest BCUT2D eigenvalue weighted by Gasteiger charge is 2.44. The minimum atomic E-state index is -1.65. The predicted molar refractivity (Wildman–Crippen MR) is 196 cm³/mol. The second-order valence-corrected chi connectivity index (χ2v) is 15.2. The van der Waals surface area contributed by atoms with Gasteiger partial charge in [-0.05, 0) is 18.8 Å². The van der Waals surface area contributed by atoms with Gasteiger partial charge in [-0.25, -0.2) is 0 Å². The zero-order chi connectivity index (χ0) is 37.1. The van der Waals surface area contributed by atoms with Crippen molar-refractivity contribution in [2.24, 2.45) is 5.92 Å². The smallest absolute Gasteiger partial charge is 0.249 e. The van der Waals surface area contributed by atoms with Crippen LogP contribution in [-0.4, -0.2) is 110 Å². The molecule has 9 unspecified atom stereocenters. The summed E-state index contributed by atoms with van der Waals surface area (Å²) >= 11 is 0. The van der Waals surface area contributed by atoms with Crippen molar-refractivity contribution in [3.63, 3.8) is 0 Å². The number of aliphatic hydroxyl groups excluding tert-OH is 7. The number of carbonyl (C=O) groups excluding carboxylic acids is 1. The Hall–Kier alpha value is -0.890. The first-order chi connectivity index (χ1) is 24.0. The first-order valence-corrected chi connectivity index (χ1v) is 20.3. The molecule has 1 amide bonds. The van der Waals surface area contributed by atoms with Gasteiger partial charge in [0.05, 0.1) is 25.4 Å². The molecule has 11 nitrogen and oxygen atoms in total. The molecule has 1 heterocycles. The Morgan fingerprint density at radius 2 is 1.12 bits per heavy atom. The molecule has 50 heavy (non-hydrogen) atoms. The Balaban J connectivity index is 2.55. The summed E-state index contributed by atoms with van der Waals surface area (Å²) < 4.78 is 11.0. The number of aliphatic hydroxyl groups is 7. The van der Waals surface area contributed by atoms with Crippen LogP contribution in [0.2, 0.25) is 0 Å². The molecule has 8 N–H and O–H groups in total. The minimum Gasteiger partial charge on any atom is -0.394 e. The standard InChI is InChI=1S/C39H77NO10/c1-4-5-6-7-8-9-10-13-17-20-23-26-32(43)38(48)40-30(28-49-39-37(47)36(46)35(45)33(27-41)50-39)34(44)31(42)25-22-19-16-14-11-12-15-18-21-24-29(2)3/h29-37,39,41-47H,4-28H2,1-3H3,(H,40,48). The van der Waals surface area contributed by atoms with Gasteiger partial charge in [0.15, 0.2) is 6.29 Å². The van der Waals surface area contributed by atoms with Crippen molar-refractivity contribution in [2.45, 2.75) is 224 Å². The first-order valence-electron chi connectivity index (χ1n) is 20.3. The van der Waals surface area contributed by atoms with Crippen LogP contribution in [0.25, 0.3) is 0 Å². The Labute approximate surface area is 303 Å². The summed E-state index contributed by atoms with van der Waals surface area (Å²) in [6.45, 7) is 5.69. The maximum Gasteiger partial charge on any atom is 0.249 e. The third-order valence-electron chi connectivity index (χ3n) is 10.1. The van der Waals surface area contributed by atoms with E-state index in [9.17, 15) is 40.5 Å². The zero-order valence-electron chi connectivity index (χ0n) is 31.8. The van der Waals surface area contributed by atoms with Gasteiger partial charge in [0.1, 0.15) is 36.6 Å². The van der Waals surface area contributed by atoms with E-state index >= 15 is 0 Å². The van der Waals surface area contributed by atoms with Gasteiger partial charge in [-0.1, -0.05) is 156 Å². The summed E-state index contributed by atoms with van der Waals surface area (Å²) in [6.07, 6.45) is 13.2. The molecule has 0 aromatic carbocycles. The summed E-state index contributed by atoms with van der Waals surface area (Å²) in [4.78, 5) is 13.0. The highest BCUT2D eigenvalue weighted by molar-refractivity contribution is 5.80. The Kier molecular flexibility index (Phi) is 27.9. The van der Waals surface area contributed by atoms with Gasteiger partial charge in [0.2, 0.25) is 5.91 Å². The normalized spacial score (nSPS) is 23.5. The van der Waals surface area contributed by atoms with E-state index in [2.05, 4.69) is 26.1 Å². The molecule has 1 rings (SSSR count). The summed E-state index contributed by atoms with van der Waals surface area (Å²) in [6, 6.07) is -1.16. The molecule has 298 valence electrons. The number of nitrogens with one attached hydrogen (secondary N) is 1. The first kappa shape index (κ1) is 47.1. The van der Waals surface area contributed by atoms with Crippen LogP contribution in [-0.2, 0) is 14.3 Å². The van der Waals surface area contributed by atoms with Gasteiger partial charge in [-0.2, -0.15) is 0 Å². The van der Waals surface area contributed by atoms with E-state index < -0.39 is 74.2 Å². The average Bonchev–Trinajstić information content (AvgIpc) is 3.10. The predicted octanol–water partition coefficient (Wildman–Crippen LogP) is 5.02. The number of carbonyl (C=O) groups is 1. The molecule has 0 saturated carbocycles. The van der Waals surface area contributed by atoms with Gasteiger partial charge >= 0.3 is 0 Å². The van der Waals surface area contributed by atoms with Gasteiger partial charge in [0, 0.05) is 0 Å². The van der Waals surface area contributed by atoms with Gasteiger partial charge < -0.3 is 50.5 Å². The molecular formula is C39H77NO10. The van der Waals surface area contributed by atoms with Crippen LogP contribution >= 0.6 is 0 Å². The molecule has 1 aliphatic heterocycles. The average molecular weight is 720 g/mol. The van der Waals surface area contributed by atoms with E-state index in [1.165, 1.54) is 83.5 Å². The van der Waals surface area contributed by atoms with Gasteiger partial charge in [-0.15, -0.1) is 0 Å². The molecule has 0 aromatic heterocycles. The summed E-state index contributed by atoms with van der Waals surface area (Å²) in [5.41, 5.74) is 0. The lowest BCUT2D eigenvalue weighted by Crippen LogP contribution is -2.60. The summed E-state index contributed by atoms with van der Waals surface area (Å²) in [7, 11) is 0. The van der Waals surface area contributed by atoms with Crippen LogP contribution in [0.5, 0.6) is 0 Å². The fraction of sp³-hybridized carbons (Fsp3) is 0.974. The zero-order valence-corrected chi connectivity index (χ0v) is 31.8. The molecule has 1 aliphatic rings. The second-order valence-electron chi connectivity index (χ2n) is 15.2. The fourth-order valence-electron chi connectivity index (χ4n) is 6.62. The van der Waals surface area contributed by atoms with Gasteiger partial charge in [-0.3, -0.25) is 4.79 Å². The molecular weight excluding hydrogens is 642 g/mol. The molecule has 11 heteroatoms. The van der Waals surface area contributed by atoms with Crippen molar-refractivity contribution in [3.05, 3.63) is 0 Å². The molecule has 9 atom stereocenters. The lowest BCUT2D eigenvalue weighted by molar-refractivity contribution is -0.303.